The van der Waals surface area contributed by atoms with Gasteiger partial charge in [0.1, 0.15) is 0 Å². The molecule has 0 aromatic carbocycles. The fourth-order valence-electron chi connectivity index (χ4n) is 1.40. The summed E-state index contributed by atoms with van der Waals surface area (Å²) in [7, 11) is 0.374. The van der Waals surface area contributed by atoms with Crippen molar-refractivity contribution in [2.45, 2.75) is 17.6 Å². The van der Waals surface area contributed by atoms with Gasteiger partial charge >= 0.3 is 0 Å². The quantitative estimate of drug-likeness (QED) is 0.770. The van der Waals surface area contributed by atoms with Crippen molar-refractivity contribution in [2.75, 3.05) is 33.7 Å². The van der Waals surface area contributed by atoms with Crippen molar-refractivity contribution in [1.82, 2.24) is 14.2 Å². The third-order valence-electron chi connectivity index (χ3n) is 2.32. The van der Waals surface area contributed by atoms with Gasteiger partial charge in [0.15, 0.2) is 8.68 Å². The summed E-state index contributed by atoms with van der Waals surface area (Å²) >= 11 is 6.69. The summed E-state index contributed by atoms with van der Waals surface area (Å²) in [5, 5.41) is 0. The molecule has 0 bridgehead atoms. The second-order valence-corrected chi connectivity index (χ2v) is 7.92. The molecule has 0 aliphatic carbocycles. The van der Waals surface area contributed by atoms with Crippen molar-refractivity contribution in [3.63, 3.8) is 0 Å². The molecule has 0 aliphatic rings. The monoisotopic (exact) mass is 311 g/mol. The van der Waals surface area contributed by atoms with E-state index in [0.29, 0.717) is 19.6 Å². The SMILES string of the molecule is CCCN(CCN(C)C)S(=O)(=O)c1cnc(Cl)s1. The first-order valence-electron chi connectivity index (χ1n) is 5.64. The molecule has 0 N–H and O–H groups in total. The van der Waals surface area contributed by atoms with Crippen LogP contribution in [0.5, 0.6) is 0 Å². The molecule has 1 rings (SSSR count). The molecule has 1 aromatic heterocycles. The zero-order valence-corrected chi connectivity index (χ0v) is 13.1. The molecule has 18 heavy (non-hydrogen) atoms. The molecule has 0 fully saturated rings. The maximum Gasteiger partial charge on any atom is 0.254 e. The lowest BCUT2D eigenvalue weighted by Gasteiger charge is -2.22. The largest absolute Gasteiger partial charge is 0.308 e. The van der Waals surface area contributed by atoms with Gasteiger partial charge in [-0.3, -0.25) is 0 Å². The Hall–Kier alpha value is -0.210. The van der Waals surface area contributed by atoms with Gasteiger partial charge in [0.25, 0.3) is 10.0 Å². The summed E-state index contributed by atoms with van der Waals surface area (Å²) in [6, 6.07) is 0. The van der Waals surface area contributed by atoms with Crippen LogP contribution in [0.25, 0.3) is 0 Å². The average molecular weight is 312 g/mol. The summed E-state index contributed by atoms with van der Waals surface area (Å²) in [4.78, 5) is 5.74. The standard InChI is InChI=1S/C10H18ClN3O2S2/c1-4-5-14(7-6-13(2)3)18(15,16)9-8-12-10(11)17-9/h8H,4-7H2,1-3H3. The van der Waals surface area contributed by atoms with Crippen molar-refractivity contribution >= 4 is 33.0 Å². The molecule has 0 aliphatic heterocycles. The van der Waals surface area contributed by atoms with E-state index < -0.39 is 10.0 Å². The van der Waals surface area contributed by atoms with Crippen LogP contribution >= 0.6 is 22.9 Å². The first-order chi connectivity index (χ1) is 8.37. The number of aromatic nitrogens is 1. The third kappa shape index (κ3) is 4.17. The van der Waals surface area contributed by atoms with Gasteiger partial charge in [-0.15, -0.1) is 0 Å². The number of sulfonamides is 1. The molecule has 8 heteroatoms. The fourth-order valence-corrected chi connectivity index (χ4v) is 4.37. The highest BCUT2D eigenvalue weighted by atomic mass is 35.5. The molecule has 0 saturated heterocycles. The smallest absolute Gasteiger partial charge is 0.254 e. The van der Waals surface area contributed by atoms with Crippen molar-refractivity contribution in [3.8, 4) is 0 Å². The zero-order chi connectivity index (χ0) is 13.8. The fraction of sp³-hybridized carbons (Fsp3) is 0.700. The van der Waals surface area contributed by atoms with Crippen molar-refractivity contribution in [3.05, 3.63) is 10.7 Å². The summed E-state index contributed by atoms with van der Waals surface area (Å²) in [5.74, 6) is 0. The van der Waals surface area contributed by atoms with E-state index >= 15 is 0 Å². The van der Waals surface area contributed by atoms with Gasteiger partial charge in [0, 0.05) is 19.6 Å². The summed E-state index contributed by atoms with van der Waals surface area (Å²) in [5.41, 5.74) is 0. The van der Waals surface area contributed by atoms with Crippen LogP contribution in [-0.4, -0.2) is 56.3 Å². The number of likely N-dealkylation sites (N-methyl/N-ethyl adjacent to an activating group) is 1. The Labute approximate surface area is 117 Å². The van der Waals surface area contributed by atoms with E-state index in [1.165, 1.54) is 10.5 Å². The van der Waals surface area contributed by atoms with Gasteiger partial charge in [-0.25, -0.2) is 13.4 Å². The number of rotatable bonds is 7. The topological polar surface area (TPSA) is 53.5 Å². The van der Waals surface area contributed by atoms with Gasteiger partial charge in [-0.05, 0) is 20.5 Å². The van der Waals surface area contributed by atoms with Crippen LogP contribution in [0.1, 0.15) is 13.3 Å². The Morgan fingerprint density at radius 3 is 2.44 bits per heavy atom. The van der Waals surface area contributed by atoms with Crippen molar-refractivity contribution in [2.24, 2.45) is 0 Å². The van der Waals surface area contributed by atoms with Crippen LogP contribution < -0.4 is 0 Å². The van der Waals surface area contributed by atoms with E-state index in [1.807, 2.05) is 25.9 Å². The highest BCUT2D eigenvalue weighted by Gasteiger charge is 2.25. The van der Waals surface area contributed by atoms with E-state index in [-0.39, 0.29) is 8.68 Å². The summed E-state index contributed by atoms with van der Waals surface area (Å²) in [6.45, 7) is 3.62. The lowest BCUT2D eigenvalue weighted by molar-refractivity contribution is 0.333. The summed E-state index contributed by atoms with van der Waals surface area (Å²) in [6.07, 6.45) is 2.10. The minimum atomic E-state index is -3.46. The van der Waals surface area contributed by atoms with Crippen LogP contribution in [0.15, 0.2) is 10.4 Å². The second kappa shape index (κ2) is 6.81. The number of hydrogen-bond donors (Lipinski definition) is 0. The highest BCUT2D eigenvalue weighted by Crippen LogP contribution is 2.25. The van der Waals surface area contributed by atoms with Gasteiger partial charge in [0.2, 0.25) is 0 Å². The normalized spacial score (nSPS) is 12.6. The Kier molecular flexibility index (Phi) is 6.00. The zero-order valence-electron chi connectivity index (χ0n) is 10.8. The summed E-state index contributed by atoms with van der Waals surface area (Å²) < 4.78 is 26.7. The molecule has 0 spiro atoms. The molecule has 1 aromatic rings. The van der Waals surface area contributed by atoms with Crippen molar-refractivity contribution < 1.29 is 8.42 Å². The molecule has 0 unspecified atom stereocenters. The molecule has 0 radical (unpaired) electrons. The van der Waals surface area contributed by atoms with E-state index in [2.05, 4.69) is 4.98 Å². The molecule has 5 nitrogen and oxygen atoms in total. The van der Waals surface area contributed by atoms with Crippen molar-refractivity contribution in [1.29, 1.82) is 0 Å². The molecular weight excluding hydrogens is 294 g/mol. The number of halogens is 1. The van der Waals surface area contributed by atoms with Gasteiger partial charge in [-0.2, -0.15) is 4.31 Å². The van der Waals surface area contributed by atoms with E-state index in [0.717, 1.165) is 17.8 Å². The molecule has 0 saturated carbocycles. The van der Waals surface area contributed by atoms with E-state index in [4.69, 9.17) is 11.6 Å². The number of hydrogen-bond acceptors (Lipinski definition) is 5. The van der Waals surface area contributed by atoms with Crippen LogP contribution in [-0.2, 0) is 10.0 Å². The highest BCUT2D eigenvalue weighted by molar-refractivity contribution is 7.91. The molecular formula is C10H18ClN3O2S2. The van der Waals surface area contributed by atoms with E-state index in [9.17, 15) is 8.42 Å². The van der Waals surface area contributed by atoms with Crippen LogP contribution in [0, 0.1) is 0 Å². The van der Waals surface area contributed by atoms with Crippen LogP contribution in [0.4, 0.5) is 0 Å². The maximum atomic E-state index is 12.4. The van der Waals surface area contributed by atoms with Gasteiger partial charge in [0.05, 0.1) is 6.20 Å². The average Bonchev–Trinajstić information content (AvgIpc) is 2.71. The number of thiazole rings is 1. The molecule has 0 amide bonds. The minimum Gasteiger partial charge on any atom is -0.308 e. The second-order valence-electron chi connectivity index (χ2n) is 4.14. The Morgan fingerprint density at radius 2 is 2.00 bits per heavy atom. The van der Waals surface area contributed by atoms with Crippen LogP contribution in [0.2, 0.25) is 4.47 Å². The Bertz CT molecular complexity index is 473. The van der Waals surface area contributed by atoms with Gasteiger partial charge < -0.3 is 4.90 Å². The molecule has 104 valence electrons. The lowest BCUT2D eigenvalue weighted by atomic mass is 10.4. The Balaban J connectivity index is 2.89. The minimum absolute atomic E-state index is 0.208. The molecule has 0 atom stereocenters. The van der Waals surface area contributed by atoms with Gasteiger partial charge in [-0.1, -0.05) is 29.9 Å². The first kappa shape index (κ1) is 15.8. The molecule has 1 heterocycles. The van der Waals surface area contributed by atoms with E-state index in [1.54, 1.807) is 0 Å². The van der Waals surface area contributed by atoms with Crippen LogP contribution in [0.3, 0.4) is 0 Å². The predicted octanol–water partition coefficient (Wildman–Crippen LogP) is 1.76. The Morgan fingerprint density at radius 1 is 1.33 bits per heavy atom. The predicted molar refractivity (Wildman–Crippen MR) is 74.7 cm³/mol. The lowest BCUT2D eigenvalue weighted by Crippen LogP contribution is -2.36. The third-order valence-corrected chi connectivity index (χ3v) is 5.77. The first-order valence-corrected chi connectivity index (χ1v) is 8.27. The maximum absolute atomic E-state index is 12.4. The number of nitrogens with zero attached hydrogens (tertiary/aromatic N) is 3.